The van der Waals surface area contributed by atoms with Crippen molar-refractivity contribution in [3.05, 3.63) is 17.5 Å². The molecule has 0 saturated carbocycles. The maximum atomic E-state index is 11.9. The Labute approximate surface area is 85.1 Å². The molecule has 0 bridgehead atoms. The van der Waals surface area contributed by atoms with Crippen LogP contribution >= 0.6 is 0 Å². The number of aryl methyl sites for hydroxylation is 2. The van der Waals surface area contributed by atoms with Gasteiger partial charge in [-0.3, -0.25) is 9.48 Å². The fourth-order valence-corrected chi connectivity index (χ4v) is 1.67. The highest BCUT2D eigenvalue weighted by atomic mass is 16.1. The Balaban J connectivity index is 2.83. The van der Waals surface area contributed by atoms with E-state index in [1.54, 1.807) is 4.68 Å². The first-order chi connectivity index (χ1) is 6.56. The van der Waals surface area contributed by atoms with Crippen molar-refractivity contribution in [2.45, 2.75) is 33.6 Å². The molecule has 1 atom stereocenters. The predicted molar refractivity (Wildman–Crippen MR) is 56.3 cm³/mol. The largest absolute Gasteiger partial charge is 0.294 e. The van der Waals surface area contributed by atoms with Gasteiger partial charge in [-0.05, 0) is 13.3 Å². The van der Waals surface area contributed by atoms with E-state index < -0.39 is 0 Å². The summed E-state index contributed by atoms with van der Waals surface area (Å²) in [5.74, 6) is 0.334. The Kier molecular flexibility index (Phi) is 3.44. The molecule has 0 aliphatic carbocycles. The molecule has 0 radical (unpaired) electrons. The topological polar surface area (TPSA) is 34.9 Å². The third kappa shape index (κ3) is 2.22. The molecule has 0 aromatic carbocycles. The fourth-order valence-electron chi connectivity index (χ4n) is 1.67. The molecule has 0 N–H and O–H groups in total. The van der Waals surface area contributed by atoms with E-state index in [2.05, 4.69) is 12.0 Å². The number of carbonyl (C=O) groups is 1. The first-order valence-electron chi connectivity index (χ1n) is 5.10. The van der Waals surface area contributed by atoms with E-state index in [0.717, 1.165) is 24.1 Å². The quantitative estimate of drug-likeness (QED) is 0.689. The van der Waals surface area contributed by atoms with Crippen LogP contribution in [0.5, 0.6) is 0 Å². The van der Waals surface area contributed by atoms with E-state index in [4.69, 9.17) is 0 Å². The zero-order chi connectivity index (χ0) is 10.7. The third-order valence-electron chi connectivity index (χ3n) is 2.45. The van der Waals surface area contributed by atoms with Crippen molar-refractivity contribution in [2.24, 2.45) is 13.0 Å². The van der Waals surface area contributed by atoms with Gasteiger partial charge in [-0.1, -0.05) is 20.3 Å². The molecule has 1 aromatic heterocycles. The molecule has 14 heavy (non-hydrogen) atoms. The Bertz CT molecular complexity index is 328. The van der Waals surface area contributed by atoms with Gasteiger partial charge < -0.3 is 0 Å². The van der Waals surface area contributed by atoms with Crippen LogP contribution in [0.3, 0.4) is 0 Å². The Morgan fingerprint density at radius 2 is 2.29 bits per heavy atom. The minimum absolute atomic E-state index is 0.114. The second kappa shape index (κ2) is 4.40. The van der Waals surface area contributed by atoms with Crippen LogP contribution in [0.25, 0.3) is 0 Å². The highest BCUT2D eigenvalue weighted by Gasteiger charge is 2.18. The number of carbonyl (C=O) groups excluding carboxylic acids is 1. The summed E-state index contributed by atoms with van der Waals surface area (Å²) in [6, 6.07) is 0. The molecule has 1 unspecified atom stereocenters. The average Bonchev–Trinajstić information content (AvgIpc) is 2.44. The minimum Gasteiger partial charge on any atom is -0.294 e. The van der Waals surface area contributed by atoms with E-state index in [0.29, 0.717) is 0 Å². The van der Waals surface area contributed by atoms with Crippen LogP contribution in [0.15, 0.2) is 6.20 Å². The Morgan fingerprint density at radius 3 is 2.71 bits per heavy atom. The Morgan fingerprint density at radius 1 is 1.64 bits per heavy atom. The lowest BCUT2D eigenvalue weighted by Gasteiger charge is -2.07. The van der Waals surface area contributed by atoms with Gasteiger partial charge in [-0.15, -0.1) is 0 Å². The SMILES string of the molecule is CCCC(C)C(=O)c1cn(C)nc1C. The normalized spacial score (nSPS) is 12.9. The highest BCUT2D eigenvalue weighted by Crippen LogP contribution is 2.15. The van der Waals surface area contributed by atoms with Crippen LogP contribution < -0.4 is 0 Å². The number of aromatic nitrogens is 2. The zero-order valence-electron chi connectivity index (χ0n) is 9.37. The number of hydrogen-bond acceptors (Lipinski definition) is 2. The first-order valence-corrected chi connectivity index (χ1v) is 5.10. The minimum atomic E-state index is 0.114. The zero-order valence-corrected chi connectivity index (χ0v) is 9.37. The standard InChI is InChI=1S/C11H18N2O/c1-5-6-8(2)11(14)10-7-13(4)12-9(10)3/h7-8H,5-6H2,1-4H3. The molecular weight excluding hydrogens is 176 g/mol. The van der Waals surface area contributed by atoms with Crippen molar-refractivity contribution < 1.29 is 4.79 Å². The van der Waals surface area contributed by atoms with Crippen LogP contribution in [-0.4, -0.2) is 15.6 Å². The van der Waals surface area contributed by atoms with E-state index in [-0.39, 0.29) is 11.7 Å². The molecule has 1 rings (SSSR count). The molecule has 0 aliphatic heterocycles. The number of ketones is 1. The summed E-state index contributed by atoms with van der Waals surface area (Å²) in [6.45, 7) is 5.96. The second-order valence-electron chi connectivity index (χ2n) is 3.86. The van der Waals surface area contributed by atoms with Crippen molar-refractivity contribution in [3.8, 4) is 0 Å². The molecule has 0 amide bonds. The molecule has 0 fully saturated rings. The van der Waals surface area contributed by atoms with Crippen LogP contribution in [0.2, 0.25) is 0 Å². The van der Waals surface area contributed by atoms with Gasteiger partial charge in [0, 0.05) is 19.2 Å². The van der Waals surface area contributed by atoms with E-state index in [9.17, 15) is 4.79 Å². The van der Waals surface area contributed by atoms with E-state index in [1.807, 2.05) is 27.1 Å². The van der Waals surface area contributed by atoms with Crippen LogP contribution in [0, 0.1) is 12.8 Å². The summed E-state index contributed by atoms with van der Waals surface area (Å²) in [6.07, 6.45) is 3.81. The van der Waals surface area contributed by atoms with Gasteiger partial charge in [-0.25, -0.2) is 0 Å². The van der Waals surface area contributed by atoms with Crippen LogP contribution in [0.1, 0.15) is 42.7 Å². The summed E-state index contributed by atoms with van der Waals surface area (Å²) in [7, 11) is 1.84. The average molecular weight is 194 g/mol. The smallest absolute Gasteiger partial charge is 0.169 e. The second-order valence-corrected chi connectivity index (χ2v) is 3.86. The lowest BCUT2D eigenvalue weighted by atomic mass is 9.96. The van der Waals surface area contributed by atoms with Crippen LogP contribution in [0.4, 0.5) is 0 Å². The summed E-state index contributed by atoms with van der Waals surface area (Å²) in [5.41, 5.74) is 1.61. The van der Waals surface area contributed by atoms with Crippen molar-refractivity contribution in [1.29, 1.82) is 0 Å². The van der Waals surface area contributed by atoms with Gasteiger partial charge in [-0.2, -0.15) is 5.10 Å². The number of hydrogen-bond donors (Lipinski definition) is 0. The van der Waals surface area contributed by atoms with Gasteiger partial charge in [0.05, 0.1) is 11.3 Å². The molecular formula is C11H18N2O. The maximum Gasteiger partial charge on any atom is 0.169 e. The molecule has 78 valence electrons. The van der Waals surface area contributed by atoms with E-state index in [1.165, 1.54) is 0 Å². The molecule has 1 heterocycles. The number of nitrogens with zero attached hydrogens (tertiary/aromatic N) is 2. The maximum absolute atomic E-state index is 11.9. The molecule has 0 saturated heterocycles. The summed E-state index contributed by atoms with van der Waals surface area (Å²) in [4.78, 5) is 11.9. The van der Waals surface area contributed by atoms with Crippen molar-refractivity contribution in [2.75, 3.05) is 0 Å². The lowest BCUT2D eigenvalue weighted by Crippen LogP contribution is -2.11. The molecule has 0 spiro atoms. The predicted octanol–water partition coefficient (Wildman–Crippen LogP) is 2.35. The lowest BCUT2D eigenvalue weighted by molar-refractivity contribution is 0.0923. The summed E-state index contributed by atoms with van der Waals surface area (Å²) < 4.78 is 1.70. The third-order valence-corrected chi connectivity index (χ3v) is 2.45. The summed E-state index contributed by atoms with van der Waals surface area (Å²) in [5, 5.41) is 4.17. The van der Waals surface area contributed by atoms with Crippen LogP contribution in [-0.2, 0) is 7.05 Å². The van der Waals surface area contributed by atoms with Crippen molar-refractivity contribution in [1.82, 2.24) is 9.78 Å². The van der Waals surface area contributed by atoms with Gasteiger partial charge in [0.15, 0.2) is 5.78 Å². The molecule has 1 aromatic rings. The molecule has 3 nitrogen and oxygen atoms in total. The van der Waals surface area contributed by atoms with Crippen molar-refractivity contribution in [3.63, 3.8) is 0 Å². The fraction of sp³-hybridized carbons (Fsp3) is 0.636. The van der Waals surface area contributed by atoms with Gasteiger partial charge >= 0.3 is 0 Å². The molecule has 3 heteroatoms. The van der Waals surface area contributed by atoms with Crippen molar-refractivity contribution >= 4 is 5.78 Å². The first kappa shape index (κ1) is 11.0. The van der Waals surface area contributed by atoms with Gasteiger partial charge in [0.25, 0.3) is 0 Å². The monoisotopic (exact) mass is 194 g/mol. The van der Waals surface area contributed by atoms with Gasteiger partial charge in [0.1, 0.15) is 0 Å². The highest BCUT2D eigenvalue weighted by molar-refractivity contribution is 5.98. The van der Waals surface area contributed by atoms with E-state index >= 15 is 0 Å². The van der Waals surface area contributed by atoms with Gasteiger partial charge in [0.2, 0.25) is 0 Å². The summed E-state index contributed by atoms with van der Waals surface area (Å²) >= 11 is 0. The number of Topliss-reactive ketones (excluding diaryl/α,β-unsaturated/α-hetero) is 1. The molecule has 0 aliphatic rings. The number of rotatable bonds is 4. The Hall–Kier alpha value is -1.12.